The molecular weight excluding hydrogens is 349 g/mol. The number of allylic oxidation sites excluding steroid dienone is 3. The van der Waals surface area contributed by atoms with Crippen molar-refractivity contribution in [2.45, 2.75) is 6.42 Å². The van der Waals surface area contributed by atoms with Crippen molar-refractivity contribution in [1.82, 2.24) is 3.11 Å². The first kappa shape index (κ1) is 12.6. The first-order valence-electron chi connectivity index (χ1n) is 6.30. The summed E-state index contributed by atoms with van der Waals surface area (Å²) >= 11 is 0.00188. The highest BCUT2D eigenvalue weighted by atomic mass is 127. The van der Waals surface area contributed by atoms with Crippen LogP contribution in [-0.4, -0.2) is 26.9 Å². The molecule has 0 radical (unpaired) electrons. The third kappa shape index (κ3) is 2.94. The van der Waals surface area contributed by atoms with E-state index in [2.05, 4.69) is 66.9 Å². The molecule has 0 aliphatic carbocycles. The summed E-state index contributed by atoms with van der Waals surface area (Å²) in [5, 5.41) is 6.71. The van der Waals surface area contributed by atoms with Crippen LogP contribution in [0.25, 0.3) is 0 Å². The predicted molar refractivity (Wildman–Crippen MR) is 91.1 cm³/mol. The summed E-state index contributed by atoms with van der Waals surface area (Å²) in [7, 11) is 2.12. The maximum absolute atomic E-state index is 4.62. The molecule has 2 heterocycles. The largest absolute Gasteiger partial charge is 0.330 e. The Morgan fingerprint density at radius 1 is 1.32 bits per heavy atom. The lowest BCUT2D eigenvalue weighted by molar-refractivity contribution is 0.835. The zero-order chi connectivity index (χ0) is 13.1. The van der Waals surface area contributed by atoms with E-state index in [0.29, 0.717) is 0 Å². The monoisotopic (exact) mass is 365 g/mol. The molecule has 0 atom stereocenters. The van der Waals surface area contributed by atoms with Crippen molar-refractivity contribution in [3.05, 3.63) is 53.8 Å². The van der Waals surface area contributed by atoms with Crippen LogP contribution in [0.5, 0.6) is 0 Å². The SMILES string of the molecule is CN1C=CC(/C=N/N2CCc3ccccc32)=CC=I1. The maximum Gasteiger partial charge on any atom is 0.0626 e. The number of fused-ring (bicyclic) bond motifs is 1. The molecule has 3 nitrogen and oxygen atoms in total. The van der Waals surface area contributed by atoms with E-state index in [4.69, 9.17) is 0 Å². The minimum Gasteiger partial charge on any atom is -0.330 e. The molecule has 0 N–H and O–H groups in total. The second-order valence-electron chi connectivity index (χ2n) is 4.48. The van der Waals surface area contributed by atoms with Gasteiger partial charge >= 0.3 is 0 Å². The first-order chi connectivity index (χ1) is 9.33. The quantitative estimate of drug-likeness (QED) is 0.456. The number of hydrazone groups is 1. The predicted octanol–water partition coefficient (Wildman–Crippen LogP) is 3.11. The number of halogens is 1. The Labute approximate surface area is 124 Å². The van der Waals surface area contributed by atoms with Crippen LogP contribution in [0.1, 0.15) is 5.56 Å². The van der Waals surface area contributed by atoms with Gasteiger partial charge in [0.05, 0.1) is 11.9 Å². The fourth-order valence-electron chi connectivity index (χ4n) is 2.13. The molecule has 0 saturated carbocycles. The topological polar surface area (TPSA) is 18.8 Å². The third-order valence-corrected chi connectivity index (χ3v) is 5.03. The molecular formula is C15H16IN3. The summed E-state index contributed by atoms with van der Waals surface area (Å²) in [5.41, 5.74) is 3.79. The second-order valence-corrected chi connectivity index (χ2v) is 7.28. The van der Waals surface area contributed by atoms with Crippen molar-refractivity contribution in [3.63, 3.8) is 0 Å². The molecule has 0 unspecified atom stereocenters. The summed E-state index contributed by atoms with van der Waals surface area (Å²) in [6.07, 6.45) is 9.46. The lowest BCUT2D eigenvalue weighted by Gasteiger charge is -2.11. The van der Waals surface area contributed by atoms with E-state index in [9.17, 15) is 0 Å². The molecule has 1 aromatic carbocycles. The van der Waals surface area contributed by atoms with Gasteiger partial charge in [-0.2, -0.15) is 5.10 Å². The standard InChI is InChI=1S/C15H16IN3/c1-18-10-7-13(6-9-16-18)12-17-19-11-8-14-4-2-3-5-15(14)19/h2-7,9-10,12H,8,11H2,1H3/b17-12+. The maximum atomic E-state index is 4.62. The van der Waals surface area contributed by atoms with Gasteiger partial charge in [0.2, 0.25) is 0 Å². The molecule has 0 bridgehead atoms. The van der Waals surface area contributed by atoms with E-state index in [-0.39, 0.29) is 21.0 Å². The van der Waals surface area contributed by atoms with Gasteiger partial charge in [-0.15, -0.1) is 0 Å². The highest BCUT2D eigenvalue weighted by Crippen LogP contribution is 2.27. The molecule has 0 amide bonds. The van der Waals surface area contributed by atoms with Gasteiger partial charge in [-0.1, -0.05) is 18.2 Å². The summed E-state index contributed by atoms with van der Waals surface area (Å²) < 4.78 is 4.51. The summed E-state index contributed by atoms with van der Waals surface area (Å²) in [5.74, 6) is 0. The lowest BCUT2D eigenvalue weighted by Crippen LogP contribution is -2.12. The molecule has 0 saturated heterocycles. The van der Waals surface area contributed by atoms with Crippen molar-refractivity contribution in [2.75, 3.05) is 18.6 Å². The Bertz CT molecular complexity index is 587. The minimum atomic E-state index is 0.00188. The van der Waals surface area contributed by atoms with Gasteiger partial charge in [-0.05, 0) is 60.8 Å². The highest BCUT2D eigenvalue weighted by Gasteiger charge is 2.16. The van der Waals surface area contributed by atoms with E-state index in [0.717, 1.165) is 18.5 Å². The Balaban J connectivity index is 1.76. The van der Waals surface area contributed by atoms with Gasteiger partial charge in [0.1, 0.15) is 0 Å². The smallest absolute Gasteiger partial charge is 0.0626 e. The molecule has 98 valence electrons. The van der Waals surface area contributed by atoms with Crippen LogP contribution in [0.3, 0.4) is 0 Å². The molecule has 4 heteroatoms. The van der Waals surface area contributed by atoms with E-state index in [1.165, 1.54) is 11.3 Å². The van der Waals surface area contributed by atoms with Crippen molar-refractivity contribution in [2.24, 2.45) is 5.10 Å². The Hall–Kier alpha value is -1.43. The number of para-hydroxylation sites is 1. The number of hydrogen-bond acceptors (Lipinski definition) is 3. The van der Waals surface area contributed by atoms with Gasteiger partial charge in [-0.25, -0.2) is 0 Å². The average molecular weight is 365 g/mol. The molecule has 2 aliphatic rings. The van der Waals surface area contributed by atoms with Crippen LogP contribution in [0.4, 0.5) is 5.69 Å². The minimum absolute atomic E-state index is 0.00188. The fraction of sp³-hybridized carbons (Fsp3) is 0.200. The van der Waals surface area contributed by atoms with E-state index in [1.54, 1.807) is 0 Å². The number of anilines is 1. The van der Waals surface area contributed by atoms with Crippen molar-refractivity contribution >= 4 is 36.9 Å². The molecule has 0 aromatic heterocycles. The van der Waals surface area contributed by atoms with Crippen LogP contribution >= 0.6 is 21.0 Å². The normalized spacial score (nSPS) is 18.3. The zero-order valence-corrected chi connectivity index (χ0v) is 13.0. The van der Waals surface area contributed by atoms with Crippen LogP contribution in [0.2, 0.25) is 0 Å². The Kier molecular flexibility index (Phi) is 3.77. The summed E-state index contributed by atoms with van der Waals surface area (Å²) in [4.78, 5) is 0. The molecule has 0 spiro atoms. The number of hydrogen-bond donors (Lipinski definition) is 0. The summed E-state index contributed by atoms with van der Waals surface area (Å²) in [6.45, 7) is 0.976. The average Bonchev–Trinajstić information content (AvgIpc) is 2.73. The summed E-state index contributed by atoms with van der Waals surface area (Å²) in [6, 6.07) is 8.49. The van der Waals surface area contributed by atoms with Crippen LogP contribution in [0.15, 0.2) is 53.3 Å². The van der Waals surface area contributed by atoms with Crippen molar-refractivity contribution in [1.29, 1.82) is 0 Å². The van der Waals surface area contributed by atoms with Crippen LogP contribution in [0, 0.1) is 0 Å². The Morgan fingerprint density at radius 2 is 2.21 bits per heavy atom. The highest BCUT2D eigenvalue weighted by molar-refractivity contribution is 14.2. The molecule has 2 aliphatic heterocycles. The Morgan fingerprint density at radius 3 is 3.16 bits per heavy atom. The van der Waals surface area contributed by atoms with Gasteiger partial charge in [0.25, 0.3) is 0 Å². The lowest BCUT2D eigenvalue weighted by atomic mass is 10.2. The van der Waals surface area contributed by atoms with E-state index >= 15 is 0 Å². The number of nitrogens with zero attached hydrogens (tertiary/aromatic N) is 3. The fourth-order valence-corrected chi connectivity index (χ4v) is 3.56. The van der Waals surface area contributed by atoms with Gasteiger partial charge in [0, 0.05) is 19.8 Å². The van der Waals surface area contributed by atoms with Gasteiger partial charge in [-0.3, -0.25) is 5.01 Å². The molecule has 19 heavy (non-hydrogen) atoms. The van der Waals surface area contributed by atoms with Gasteiger partial charge in [0.15, 0.2) is 0 Å². The second kappa shape index (κ2) is 5.69. The van der Waals surface area contributed by atoms with Gasteiger partial charge < -0.3 is 3.11 Å². The van der Waals surface area contributed by atoms with E-state index in [1.807, 2.05) is 6.21 Å². The molecule has 0 fully saturated rings. The molecule has 3 rings (SSSR count). The number of benzene rings is 1. The van der Waals surface area contributed by atoms with Crippen molar-refractivity contribution in [3.8, 4) is 0 Å². The van der Waals surface area contributed by atoms with E-state index < -0.39 is 0 Å². The first-order valence-corrected chi connectivity index (χ1v) is 8.51. The van der Waals surface area contributed by atoms with Crippen molar-refractivity contribution < 1.29 is 0 Å². The molecule has 1 aromatic rings. The van der Waals surface area contributed by atoms with Crippen LogP contribution < -0.4 is 5.01 Å². The van der Waals surface area contributed by atoms with Crippen LogP contribution in [-0.2, 0) is 6.42 Å². The third-order valence-electron chi connectivity index (χ3n) is 3.15. The zero-order valence-electron chi connectivity index (χ0n) is 10.8. The number of rotatable bonds is 2.